The zero-order valence-corrected chi connectivity index (χ0v) is 38.3. The van der Waals surface area contributed by atoms with Gasteiger partial charge in [-0.2, -0.15) is 0 Å². The molecule has 0 atom stereocenters. The summed E-state index contributed by atoms with van der Waals surface area (Å²) < 4.78 is 7.32. The number of hydrogen-bond acceptors (Lipinski definition) is 0. The van der Waals surface area contributed by atoms with Crippen LogP contribution in [-0.2, 0) is 54.1 Å². The largest absolute Gasteiger partial charge is 1.00 e. The second-order valence-corrected chi connectivity index (χ2v) is 66.5. The van der Waals surface area contributed by atoms with Crippen molar-refractivity contribution in [3.8, 4) is 22.3 Å². The fourth-order valence-corrected chi connectivity index (χ4v) is 60.7. The van der Waals surface area contributed by atoms with E-state index in [0.717, 1.165) is 12.8 Å². The minimum Gasteiger partial charge on any atom is -1.00 e. The van der Waals surface area contributed by atoms with E-state index in [4.69, 9.17) is 0 Å². The Bertz CT molecular complexity index is 1720. The van der Waals surface area contributed by atoms with Crippen molar-refractivity contribution in [3.63, 3.8) is 0 Å². The molecule has 232 valence electrons. The number of halogens is 2. The van der Waals surface area contributed by atoms with Crippen LogP contribution in [0.2, 0.25) is 26.2 Å². The maximum absolute atomic E-state index is 2.59. The molecular formula is C40H42Cl2Hf2Si2. The summed E-state index contributed by atoms with van der Waals surface area (Å²) in [6, 6.07) is 32.3. The second-order valence-electron chi connectivity index (χ2n) is 13.1. The summed E-state index contributed by atoms with van der Waals surface area (Å²) in [4.78, 5) is 0. The Balaban J connectivity index is 0.000000174. The first-order chi connectivity index (χ1) is 21.5. The van der Waals surface area contributed by atoms with E-state index in [2.05, 4.69) is 148 Å². The van der Waals surface area contributed by atoms with Crippen molar-refractivity contribution in [2.24, 2.45) is 0 Å². The topological polar surface area (TPSA) is 0 Å². The van der Waals surface area contributed by atoms with Crippen LogP contribution in [0.4, 0.5) is 0 Å². The molecule has 0 N–H and O–H groups in total. The first kappa shape index (κ1) is 35.9. The third-order valence-electron chi connectivity index (χ3n) is 9.67. The molecule has 0 spiro atoms. The van der Waals surface area contributed by atoms with E-state index in [-0.39, 0.29) is 24.8 Å². The molecule has 6 heteroatoms. The number of benzene rings is 4. The molecule has 0 saturated heterocycles. The van der Waals surface area contributed by atoms with E-state index in [0.29, 0.717) is 0 Å². The summed E-state index contributed by atoms with van der Waals surface area (Å²) in [6.45, 7) is 10.3. The predicted molar refractivity (Wildman–Crippen MR) is 190 cm³/mol. The monoisotopic (exact) mass is 1010 g/mol. The van der Waals surface area contributed by atoms with E-state index >= 15 is 0 Å². The molecule has 4 aromatic rings. The van der Waals surface area contributed by atoms with Crippen LogP contribution in [-0.4, -0.2) is 12.0 Å². The molecule has 46 heavy (non-hydrogen) atoms. The Labute approximate surface area is 305 Å². The molecule has 0 unspecified atom stereocenters. The number of fused-ring (bicyclic) bond motifs is 6. The Morgan fingerprint density at radius 2 is 0.870 bits per heavy atom. The first-order valence-corrected chi connectivity index (χ1v) is 41.8. The van der Waals surface area contributed by atoms with Gasteiger partial charge in [-0.1, -0.05) is 0 Å². The van der Waals surface area contributed by atoms with Gasteiger partial charge in [0.05, 0.1) is 0 Å². The van der Waals surface area contributed by atoms with Gasteiger partial charge in [0.2, 0.25) is 0 Å². The van der Waals surface area contributed by atoms with Crippen LogP contribution in [0.15, 0.2) is 128 Å². The fraction of sp³-hybridized carbons (Fsp3) is 0.200. The van der Waals surface area contributed by atoms with Gasteiger partial charge in [-0.15, -0.1) is 0 Å². The SMILES string of the molecule is C[SiH](C)[Hf+]([C]1=CC=CC1)[c]1cccc2c1Cc1ccccc1-2.C[SiH](C)[Hf+]([C]1=CC=CC1)[c]1cccc2c1Cc1ccccc1-2.[Cl-].[Cl-]. The zero-order valence-electron chi connectivity index (χ0n) is 27.3. The van der Waals surface area contributed by atoms with Gasteiger partial charge in [0.15, 0.2) is 0 Å². The van der Waals surface area contributed by atoms with Crippen molar-refractivity contribution in [1.29, 1.82) is 0 Å². The number of allylic oxidation sites excluding steroid dienone is 8. The van der Waals surface area contributed by atoms with Gasteiger partial charge >= 0.3 is 284 Å². The smallest absolute Gasteiger partial charge is 1.00 e. The second kappa shape index (κ2) is 15.9. The summed E-state index contributed by atoms with van der Waals surface area (Å²) in [5, 5.41) is 0. The molecule has 0 aromatic heterocycles. The first-order valence-electron chi connectivity index (χ1n) is 16.4. The van der Waals surface area contributed by atoms with Gasteiger partial charge in [-0.05, 0) is 0 Å². The summed E-state index contributed by atoms with van der Waals surface area (Å²) in [7, 11) is 0. The molecule has 0 amide bonds. The quantitative estimate of drug-likeness (QED) is 0.226. The third-order valence-corrected chi connectivity index (χ3v) is 63.2. The Kier molecular flexibility index (Phi) is 12.4. The summed E-state index contributed by atoms with van der Waals surface area (Å²) >= 11 is -3.66. The predicted octanol–water partition coefficient (Wildman–Crippen LogP) is 2.67. The molecule has 4 aromatic carbocycles. The van der Waals surface area contributed by atoms with E-state index in [1.165, 1.54) is 46.2 Å². The van der Waals surface area contributed by atoms with Crippen LogP contribution < -0.4 is 31.5 Å². The van der Waals surface area contributed by atoms with Crippen LogP contribution in [0.5, 0.6) is 0 Å². The third kappa shape index (κ3) is 7.00. The van der Waals surface area contributed by atoms with Crippen molar-refractivity contribution in [2.75, 3.05) is 0 Å². The molecule has 4 aliphatic rings. The van der Waals surface area contributed by atoms with E-state index in [9.17, 15) is 0 Å². The van der Waals surface area contributed by atoms with Gasteiger partial charge in [-0.3, -0.25) is 0 Å². The van der Waals surface area contributed by atoms with Crippen molar-refractivity contribution >= 4 is 18.6 Å². The molecule has 4 aliphatic carbocycles. The summed E-state index contributed by atoms with van der Waals surface area (Å²) in [5.74, 6) is -1.19. The Morgan fingerprint density at radius 3 is 1.24 bits per heavy atom. The number of rotatable bonds is 6. The Morgan fingerprint density at radius 1 is 0.478 bits per heavy atom. The Hall–Kier alpha value is -1.41. The fourth-order valence-electron chi connectivity index (χ4n) is 7.82. The molecule has 0 heterocycles. The van der Waals surface area contributed by atoms with Crippen molar-refractivity contribution in [2.45, 2.75) is 51.9 Å². The summed E-state index contributed by atoms with van der Waals surface area (Å²) in [6.07, 6.45) is 19.0. The maximum Gasteiger partial charge on any atom is -1.00 e. The average Bonchev–Trinajstić information content (AvgIpc) is 3.84. The average molecular weight is 1010 g/mol. The molecule has 0 aliphatic heterocycles. The molecule has 8 rings (SSSR count). The molecular weight excluding hydrogens is 964 g/mol. The van der Waals surface area contributed by atoms with Crippen molar-refractivity contribution in [3.05, 3.63) is 150 Å². The van der Waals surface area contributed by atoms with E-state index < -0.39 is 53.2 Å². The van der Waals surface area contributed by atoms with Gasteiger partial charge in [0.25, 0.3) is 0 Å². The van der Waals surface area contributed by atoms with Gasteiger partial charge in [0, 0.05) is 0 Å². The minimum absolute atomic E-state index is 0. The van der Waals surface area contributed by atoms with Gasteiger partial charge in [0.1, 0.15) is 0 Å². The van der Waals surface area contributed by atoms with Crippen LogP contribution in [0.1, 0.15) is 35.1 Å². The molecule has 0 saturated carbocycles. The maximum atomic E-state index is 2.59. The van der Waals surface area contributed by atoms with Crippen LogP contribution in [0.25, 0.3) is 22.3 Å². The van der Waals surface area contributed by atoms with Crippen molar-refractivity contribution in [1.82, 2.24) is 0 Å². The summed E-state index contributed by atoms with van der Waals surface area (Å²) in [5.41, 5.74) is 12.4. The number of hydrogen-bond donors (Lipinski definition) is 0. The molecule has 0 bridgehead atoms. The normalized spacial score (nSPS) is 14.3. The van der Waals surface area contributed by atoms with Crippen LogP contribution in [0.3, 0.4) is 0 Å². The van der Waals surface area contributed by atoms with E-state index in [1.54, 1.807) is 11.1 Å². The van der Waals surface area contributed by atoms with Crippen molar-refractivity contribution < 1.29 is 66.0 Å². The van der Waals surface area contributed by atoms with Crippen LogP contribution >= 0.6 is 0 Å². The van der Waals surface area contributed by atoms with E-state index in [1.807, 2.05) is 13.3 Å². The molecule has 0 radical (unpaired) electrons. The molecule has 0 nitrogen and oxygen atoms in total. The zero-order chi connectivity index (χ0) is 30.2. The van der Waals surface area contributed by atoms with Gasteiger partial charge in [-0.25, -0.2) is 0 Å². The van der Waals surface area contributed by atoms with Crippen LogP contribution in [0, 0.1) is 0 Å². The standard InChI is InChI=1S/2C13H9.2C5H5.2C2H7Si.2ClH.2Hf/c2*1-3-7-12-10(5-1)9-11-6-2-4-8-13(11)12;2*1-2-4-5-3-1;2*1-3-2;;;;/h2*1-5,7-8H,9H2;2*1-3H,4H2;2*3H,1-2H3;2*1H;;/q;;;;;;;;2*+1/p-2. The molecule has 0 fully saturated rings. The van der Waals surface area contributed by atoms with Gasteiger partial charge < -0.3 is 24.8 Å². The minimum atomic E-state index is -1.83.